The molecular formula is C16H26N2O. The summed E-state index contributed by atoms with van der Waals surface area (Å²) in [5.41, 5.74) is 3.18. The van der Waals surface area contributed by atoms with Crippen molar-refractivity contribution in [3.63, 3.8) is 0 Å². The highest BCUT2D eigenvalue weighted by molar-refractivity contribution is 5.21. The third-order valence-corrected chi connectivity index (χ3v) is 6.50. The van der Waals surface area contributed by atoms with Gasteiger partial charge in [0.1, 0.15) is 5.76 Å². The van der Waals surface area contributed by atoms with Crippen LogP contribution in [-0.4, -0.2) is 11.2 Å². The number of hydrogen-bond acceptors (Lipinski definition) is 3. The van der Waals surface area contributed by atoms with E-state index in [0.717, 1.165) is 23.9 Å². The van der Waals surface area contributed by atoms with E-state index in [-0.39, 0.29) is 0 Å². The predicted octanol–water partition coefficient (Wildman–Crippen LogP) is 3.60. The van der Waals surface area contributed by atoms with Crippen molar-refractivity contribution < 1.29 is 4.52 Å². The molecule has 1 aromatic rings. The fourth-order valence-corrected chi connectivity index (χ4v) is 4.49. The highest BCUT2D eigenvalue weighted by Crippen LogP contribution is 2.65. The van der Waals surface area contributed by atoms with Crippen molar-refractivity contribution in [2.45, 2.75) is 66.5 Å². The summed E-state index contributed by atoms with van der Waals surface area (Å²) in [4.78, 5) is 0. The van der Waals surface area contributed by atoms with Crippen LogP contribution in [0.2, 0.25) is 0 Å². The SMILES string of the molecule is Cc1noc(C)c1CNC1CC2CC[C@@]1(C)C2(C)C. The molecule has 3 heteroatoms. The van der Waals surface area contributed by atoms with Gasteiger partial charge in [-0.15, -0.1) is 0 Å². The molecule has 0 aromatic carbocycles. The van der Waals surface area contributed by atoms with Crippen LogP contribution in [0.25, 0.3) is 0 Å². The molecule has 2 bridgehead atoms. The molecule has 3 atom stereocenters. The zero-order valence-corrected chi connectivity index (χ0v) is 12.8. The number of nitrogens with zero attached hydrogens (tertiary/aromatic N) is 1. The van der Waals surface area contributed by atoms with E-state index < -0.39 is 0 Å². The van der Waals surface area contributed by atoms with Crippen LogP contribution in [0.1, 0.15) is 57.1 Å². The molecule has 19 heavy (non-hydrogen) atoms. The Morgan fingerprint density at radius 3 is 2.53 bits per heavy atom. The van der Waals surface area contributed by atoms with E-state index in [4.69, 9.17) is 4.52 Å². The number of rotatable bonds is 3. The molecule has 2 aliphatic rings. The Labute approximate surface area is 116 Å². The molecule has 106 valence electrons. The summed E-state index contributed by atoms with van der Waals surface area (Å²) in [5, 5.41) is 7.83. The molecular weight excluding hydrogens is 236 g/mol. The Hall–Kier alpha value is -0.830. The van der Waals surface area contributed by atoms with E-state index in [1.807, 2.05) is 13.8 Å². The number of aryl methyl sites for hydroxylation is 2. The summed E-state index contributed by atoms with van der Waals surface area (Å²) in [7, 11) is 0. The first-order chi connectivity index (χ1) is 8.86. The minimum Gasteiger partial charge on any atom is -0.361 e. The molecule has 0 spiro atoms. The van der Waals surface area contributed by atoms with E-state index in [1.165, 1.54) is 24.8 Å². The summed E-state index contributed by atoms with van der Waals surface area (Å²) in [6.45, 7) is 12.3. The quantitative estimate of drug-likeness (QED) is 0.904. The Balaban J connectivity index is 1.73. The van der Waals surface area contributed by atoms with Crippen molar-refractivity contribution >= 4 is 0 Å². The Morgan fingerprint density at radius 1 is 1.32 bits per heavy atom. The number of nitrogens with one attached hydrogen (secondary N) is 1. The first-order valence-electron chi connectivity index (χ1n) is 7.51. The van der Waals surface area contributed by atoms with Crippen LogP contribution in [0.4, 0.5) is 0 Å². The molecule has 2 fully saturated rings. The van der Waals surface area contributed by atoms with Gasteiger partial charge in [-0.25, -0.2) is 0 Å². The molecule has 2 aliphatic carbocycles. The summed E-state index contributed by atoms with van der Waals surface area (Å²) >= 11 is 0. The highest BCUT2D eigenvalue weighted by Gasteiger charge is 2.60. The second-order valence-electron chi connectivity index (χ2n) is 7.35. The van der Waals surface area contributed by atoms with Crippen LogP contribution in [0, 0.1) is 30.6 Å². The van der Waals surface area contributed by atoms with E-state index in [1.54, 1.807) is 0 Å². The molecule has 0 saturated heterocycles. The van der Waals surface area contributed by atoms with Crippen LogP contribution in [-0.2, 0) is 6.54 Å². The van der Waals surface area contributed by atoms with Gasteiger partial charge in [0.15, 0.2) is 0 Å². The maximum absolute atomic E-state index is 5.25. The molecule has 1 N–H and O–H groups in total. The first-order valence-corrected chi connectivity index (χ1v) is 7.51. The Bertz CT molecular complexity index is 471. The fourth-order valence-electron chi connectivity index (χ4n) is 4.49. The van der Waals surface area contributed by atoms with Gasteiger partial charge in [0.2, 0.25) is 0 Å². The lowest BCUT2D eigenvalue weighted by molar-refractivity contribution is 0.120. The Morgan fingerprint density at radius 2 is 2.05 bits per heavy atom. The average molecular weight is 262 g/mol. The molecule has 3 rings (SSSR count). The standard InChI is InChI=1S/C16H26N2O/c1-10-13(11(2)19-18-10)9-17-14-8-12-6-7-16(14,5)15(12,3)4/h12,14,17H,6-9H2,1-5H3/t12?,14?,16-/m1/s1. The molecule has 0 amide bonds. The smallest absolute Gasteiger partial charge is 0.138 e. The maximum Gasteiger partial charge on any atom is 0.138 e. The zero-order chi connectivity index (χ0) is 13.8. The maximum atomic E-state index is 5.25. The van der Waals surface area contributed by atoms with Crippen molar-refractivity contribution in [3.8, 4) is 0 Å². The van der Waals surface area contributed by atoms with Crippen LogP contribution in [0.5, 0.6) is 0 Å². The third kappa shape index (κ3) is 1.70. The summed E-state index contributed by atoms with van der Waals surface area (Å²) in [5.74, 6) is 1.84. The van der Waals surface area contributed by atoms with E-state index in [9.17, 15) is 0 Å². The van der Waals surface area contributed by atoms with Gasteiger partial charge in [-0.3, -0.25) is 0 Å². The van der Waals surface area contributed by atoms with Crippen molar-refractivity contribution in [3.05, 3.63) is 17.0 Å². The van der Waals surface area contributed by atoms with Gasteiger partial charge in [0.05, 0.1) is 5.69 Å². The van der Waals surface area contributed by atoms with Gasteiger partial charge in [-0.05, 0) is 49.9 Å². The fraction of sp³-hybridized carbons (Fsp3) is 0.812. The van der Waals surface area contributed by atoms with Crippen molar-refractivity contribution in [1.82, 2.24) is 10.5 Å². The summed E-state index contributed by atoms with van der Waals surface area (Å²) in [6, 6.07) is 0.634. The topological polar surface area (TPSA) is 38.1 Å². The number of fused-ring (bicyclic) bond motifs is 2. The van der Waals surface area contributed by atoms with Crippen molar-refractivity contribution in [2.24, 2.45) is 16.7 Å². The third-order valence-electron chi connectivity index (χ3n) is 6.50. The molecule has 1 heterocycles. The second-order valence-corrected chi connectivity index (χ2v) is 7.35. The van der Waals surface area contributed by atoms with Gasteiger partial charge < -0.3 is 9.84 Å². The molecule has 3 nitrogen and oxygen atoms in total. The number of aromatic nitrogens is 1. The second kappa shape index (κ2) is 4.08. The molecule has 0 radical (unpaired) electrons. The van der Waals surface area contributed by atoms with Crippen LogP contribution in [0.3, 0.4) is 0 Å². The average Bonchev–Trinajstić information content (AvgIpc) is 2.84. The normalized spacial score (nSPS) is 36.1. The zero-order valence-electron chi connectivity index (χ0n) is 12.8. The van der Waals surface area contributed by atoms with Crippen molar-refractivity contribution in [1.29, 1.82) is 0 Å². The summed E-state index contributed by atoms with van der Waals surface area (Å²) < 4.78 is 5.25. The molecule has 1 aromatic heterocycles. The van der Waals surface area contributed by atoms with Gasteiger partial charge in [0.25, 0.3) is 0 Å². The lowest BCUT2D eigenvalue weighted by Crippen LogP contribution is -2.44. The predicted molar refractivity (Wildman–Crippen MR) is 75.8 cm³/mol. The van der Waals surface area contributed by atoms with Gasteiger partial charge in [-0.1, -0.05) is 25.9 Å². The minimum atomic E-state index is 0.441. The number of hydrogen-bond donors (Lipinski definition) is 1. The van der Waals surface area contributed by atoms with Gasteiger partial charge >= 0.3 is 0 Å². The Kier molecular flexibility index (Phi) is 2.83. The van der Waals surface area contributed by atoms with Gasteiger partial charge in [-0.2, -0.15) is 0 Å². The molecule has 0 aliphatic heterocycles. The van der Waals surface area contributed by atoms with Crippen LogP contribution < -0.4 is 5.32 Å². The minimum absolute atomic E-state index is 0.441. The lowest BCUT2D eigenvalue weighted by Gasteiger charge is -2.39. The van der Waals surface area contributed by atoms with Crippen LogP contribution in [0.15, 0.2) is 4.52 Å². The van der Waals surface area contributed by atoms with E-state index in [0.29, 0.717) is 16.9 Å². The van der Waals surface area contributed by atoms with E-state index >= 15 is 0 Å². The summed E-state index contributed by atoms with van der Waals surface area (Å²) in [6.07, 6.45) is 4.10. The lowest BCUT2D eigenvalue weighted by atomic mass is 9.69. The molecule has 2 saturated carbocycles. The monoisotopic (exact) mass is 262 g/mol. The molecule has 2 unspecified atom stereocenters. The first kappa shape index (κ1) is 13.2. The van der Waals surface area contributed by atoms with Crippen LogP contribution >= 0.6 is 0 Å². The van der Waals surface area contributed by atoms with E-state index in [2.05, 4.69) is 31.2 Å². The van der Waals surface area contributed by atoms with Crippen molar-refractivity contribution in [2.75, 3.05) is 0 Å². The van der Waals surface area contributed by atoms with Gasteiger partial charge in [0, 0.05) is 18.2 Å². The largest absolute Gasteiger partial charge is 0.361 e. The highest BCUT2D eigenvalue weighted by atomic mass is 16.5.